The van der Waals surface area contributed by atoms with Crippen LogP contribution >= 0.6 is 0 Å². The smallest absolute Gasteiger partial charge is 0.344 e. The standard InChI is InChI=1S/C31H22N2O4/c1-18-7-10-20(11-8-18)27-23-5-3-4-6-24(23)31(35)37-28(27)29(34)32-22-14-12-21(13-15-22)30-33-25-16-9-19(2)17-26(25)36-30/h3-17H,1-2H3,(H,32,34). The van der Waals surface area contributed by atoms with Crippen LogP contribution in [0.3, 0.4) is 0 Å². The van der Waals surface area contributed by atoms with Crippen LogP contribution in [0.4, 0.5) is 5.69 Å². The first-order valence-electron chi connectivity index (χ1n) is 11.9. The van der Waals surface area contributed by atoms with Gasteiger partial charge in [-0.15, -0.1) is 0 Å². The van der Waals surface area contributed by atoms with Crippen molar-refractivity contribution in [3.63, 3.8) is 0 Å². The number of fused-ring (bicyclic) bond motifs is 2. The molecule has 180 valence electrons. The molecule has 0 spiro atoms. The number of benzene rings is 4. The molecule has 0 bridgehead atoms. The molecule has 0 aliphatic heterocycles. The highest BCUT2D eigenvalue weighted by Crippen LogP contribution is 2.32. The molecular weight excluding hydrogens is 464 g/mol. The van der Waals surface area contributed by atoms with Crippen LogP contribution in [0.2, 0.25) is 0 Å². The first kappa shape index (κ1) is 22.5. The second kappa shape index (κ2) is 8.91. The van der Waals surface area contributed by atoms with Crippen LogP contribution in [-0.4, -0.2) is 10.9 Å². The number of aromatic nitrogens is 1. The van der Waals surface area contributed by atoms with E-state index in [1.54, 1.807) is 24.3 Å². The van der Waals surface area contributed by atoms with Crippen LogP contribution in [-0.2, 0) is 0 Å². The molecule has 0 saturated heterocycles. The van der Waals surface area contributed by atoms with Crippen LogP contribution in [0, 0.1) is 13.8 Å². The van der Waals surface area contributed by atoms with Gasteiger partial charge in [0.15, 0.2) is 5.58 Å². The van der Waals surface area contributed by atoms with E-state index in [1.165, 1.54) is 0 Å². The molecule has 0 radical (unpaired) electrons. The van der Waals surface area contributed by atoms with Gasteiger partial charge in [-0.3, -0.25) is 4.79 Å². The average molecular weight is 487 g/mol. The lowest BCUT2D eigenvalue weighted by atomic mass is 9.97. The van der Waals surface area contributed by atoms with Crippen molar-refractivity contribution in [1.82, 2.24) is 4.98 Å². The van der Waals surface area contributed by atoms with Gasteiger partial charge in [0, 0.05) is 22.2 Å². The lowest BCUT2D eigenvalue weighted by Gasteiger charge is -2.12. The highest BCUT2D eigenvalue weighted by molar-refractivity contribution is 6.11. The lowest BCUT2D eigenvalue weighted by molar-refractivity contribution is 0.0994. The first-order chi connectivity index (χ1) is 18.0. The van der Waals surface area contributed by atoms with E-state index in [2.05, 4.69) is 10.3 Å². The van der Waals surface area contributed by atoms with Gasteiger partial charge in [-0.25, -0.2) is 9.78 Å². The molecule has 2 aromatic heterocycles. The lowest BCUT2D eigenvalue weighted by Crippen LogP contribution is -2.16. The minimum Gasteiger partial charge on any atom is -0.436 e. The highest BCUT2D eigenvalue weighted by Gasteiger charge is 2.21. The molecule has 0 aliphatic carbocycles. The van der Waals surface area contributed by atoms with Gasteiger partial charge in [-0.1, -0.05) is 54.1 Å². The summed E-state index contributed by atoms with van der Waals surface area (Å²) in [4.78, 5) is 30.7. The number of aryl methyl sites for hydroxylation is 2. The van der Waals surface area contributed by atoms with E-state index in [1.807, 2.05) is 80.6 Å². The van der Waals surface area contributed by atoms with Gasteiger partial charge in [0.1, 0.15) is 5.52 Å². The number of hydrogen-bond donors (Lipinski definition) is 1. The summed E-state index contributed by atoms with van der Waals surface area (Å²) in [5.74, 6) is -0.0462. The number of rotatable bonds is 4. The summed E-state index contributed by atoms with van der Waals surface area (Å²) in [5, 5.41) is 3.95. The summed E-state index contributed by atoms with van der Waals surface area (Å²) in [5.41, 5.74) is 5.83. The number of nitrogens with zero attached hydrogens (tertiary/aromatic N) is 1. The van der Waals surface area contributed by atoms with Crippen LogP contribution in [0.1, 0.15) is 21.7 Å². The molecule has 0 aliphatic rings. The summed E-state index contributed by atoms with van der Waals surface area (Å²) in [6.45, 7) is 3.99. The van der Waals surface area contributed by atoms with Crippen molar-refractivity contribution in [3.05, 3.63) is 118 Å². The zero-order chi connectivity index (χ0) is 25.5. The molecule has 37 heavy (non-hydrogen) atoms. The van der Waals surface area contributed by atoms with Crippen LogP contribution in [0.25, 0.3) is 44.5 Å². The Hall–Kier alpha value is -4.97. The molecule has 4 aromatic carbocycles. The van der Waals surface area contributed by atoms with E-state index < -0.39 is 11.5 Å². The normalized spacial score (nSPS) is 11.2. The predicted octanol–water partition coefficient (Wildman–Crippen LogP) is 7.14. The Morgan fingerprint density at radius 2 is 1.43 bits per heavy atom. The summed E-state index contributed by atoms with van der Waals surface area (Å²) < 4.78 is 11.5. The van der Waals surface area contributed by atoms with E-state index >= 15 is 0 Å². The quantitative estimate of drug-likeness (QED) is 0.286. The Balaban J connectivity index is 1.35. The molecule has 0 unspecified atom stereocenters. The van der Waals surface area contributed by atoms with Crippen molar-refractivity contribution in [3.8, 4) is 22.6 Å². The molecule has 6 aromatic rings. The number of nitrogens with one attached hydrogen (secondary N) is 1. The van der Waals surface area contributed by atoms with Crippen molar-refractivity contribution >= 4 is 33.5 Å². The van der Waals surface area contributed by atoms with Gasteiger partial charge in [-0.2, -0.15) is 0 Å². The third kappa shape index (κ3) is 4.19. The third-order valence-electron chi connectivity index (χ3n) is 6.32. The SMILES string of the molecule is Cc1ccc(-c2c(C(=O)Nc3ccc(-c4nc5ccc(C)cc5o4)cc3)oc(=O)c3ccccc23)cc1. The summed E-state index contributed by atoms with van der Waals surface area (Å²) in [6, 6.07) is 27.9. The Labute approximate surface area is 212 Å². The predicted molar refractivity (Wildman–Crippen MR) is 145 cm³/mol. The van der Waals surface area contributed by atoms with Crippen molar-refractivity contribution in [2.75, 3.05) is 5.32 Å². The number of anilines is 1. The number of carbonyl (C=O) groups excluding carboxylic acids is 1. The highest BCUT2D eigenvalue weighted by atomic mass is 16.4. The fourth-order valence-electron chi connectivity index (χ4n) is 4.41. The van der Waals surface area contributed by atoms with Gasteiger partial charge < -0.3 is 14.2 Å². The zero-order valence-electron chi connectivity index (χ0n) is 20.2. The Kier molecular flexibility index (Phi) is 5.42. The molecule has 6 heteroatoms. The molecule has 0 saturated carbocycles. The van der Waals surface area contributed by atoms with E-state index in [0.717, 1.165) is 33.4 Å². The Morgan fingerprint density at radius 3 is 2.19 bits per heavy atom. The third-order valence-corrected chi connectivity index (χ3v) is 6.32. The summed E-state index contributed by atoms with van der Waals surface area (Å²) >= 11 is 0. The molecular formula is C31H22N2O4. The maximum absolute atomic E-state index is 13.4. The number of amides is 1. The van der Waals surface area contributed by atoms with Gasteiger partial charge >= 0.3 is 5.63 Å². The van der Waals surface area contributed by atoms with Gasteiger partial charge in [0.25, 0.3) is 5.91 Å². The van der Waals surface area contributed by atoms with Crippen LogP contribution in [0.5, 0.6) is 0 Å². The minimum atomic E-state index is -0.557. The summed E-state index contributed by atoms with van der Waals surface area (Å²) in [6.07, 6.45) is 0. The van der Waals surface area contributed by atoms with Crippen LogP contribution < -0.4 is 10.9 Å². The fraction of sp³-hybridized carbons (Fsp3) is 0.0645. The maximum Gasteiger partial charge on any atom is 0.344 e. The molecule has 6 rings (SSSR count). The monoisotopic (exact) mass is 486 g/mol. The topological polar surface area (TPSA) is 85.3 Å². The second-order valence-corrected chi connectivity index (χ2v) is 9.03. The van der Waals surface area contributed by atoms with Crippen molar-refractivity contribution in [1.29, 1.82) is 0 Å². The molecule has 2 heterocycles. The molecule has 1 N–H and O–H groups in total. The first-order valence-corrected chi connectivity index (χ1v) is 11.9. The van der Waals surface area contributed by atoms with E-state index in [0.29, 0.717) is 27.9 Å². The number of oxazole rings is 1. The number of carbonyl (C=O) groups is 1. The zero-order valence-corrected chi connectivity index (χ0v) is 20.2. The van der Waals surface area contributed by atoms with Crippen molar-refractivity contribution in [2.24, 2.45) is 0 Å². The van der Waals surface area contributed by atoms with E-state index in [9.17, 15) is 9.59 Å². The van der Waals surface area contributed by atoms with Crippen LogP contribution in [0.15, 0.2) is 105 Å². The summed E-state index contributed by atoms with van der Waals surface area (Å²) in [7, 11) is 0. The Bertz CT molecular complexity index is 1850. The van der Waals surface area contributed by atoms with Gasteiger partial charge in [-0.05, 0) is 67.4 Å². The minimum absolute atomic E-state index is 0.0362. The van der Waals surface area contributed by atoms with E-state index in [-0.39, 0.29) is 5.76 Å². The van der Waals surface area contributed by atoms with E-state index in [4.69, 9.17) is 8.83 Å². The number of hydrogen-bond acceptors (Lipinski definition) is 5. The maximum atomic E-state index is 13.4. The molecule has 0 atom stereocenters. The largest absolute Gasteiger partial charge is 0.436 e. The molecule has 1 amide bonds. The van der Waals surface area contributed by atoms with Crippen molar-refractivity contribution < 1.29 is 13.6 Å². The fourth-order valence-corrected chi connectivity index (χ4v) is 4.41. The Morgan fingerprint density at radius 1 is 0.757 bits per heavy atom. The van der Waals surface area contributed by atoms with Gasteiger partial charge in [0.2, 0.25) is 11.7 Å². The molecule has 6 nitrogen and oxygen atoms in total. The van der Waals surface area contributed by atoms with Gasteiger partial charge in [0.05, 0.1) is 5.39 Å². The average Bonchev–Trinajstić information content (AvgIpc) is 3.33. The van der Waals surface area contributed by atoms with Crippen molar-refractivity contribution in [2.45, 2.75) is 13.8 Å². The second-order valence-electron chi connectivity index (χ2n) is 9.03. The molecule has 0 fully saturated rings.